The summed E-state index contributed by atoms with van der Waals surface area (Å²) in [6.45, 7) is 6.68. The molecule has 4 nitrogen and oxygen atoms in total. The Kier molecular flexibility index (Phi) is 18.8. The third-order valence-corrected chi connectivity index (χ3v) is 9.07. The van der Waals surface area contributed by atoms with Gasteiger partial charge in [0.2, 0.25) is 9.90 Å². The lowest BCUT2D eigenvalue weighted by atomic mass is 10.1. The van der Waals surface area contributed by atoms with Crippen molar-refractivity contribution in [2.45, 2.75) is 126 Å². The van der Waals surface area contributed by atoms with Gasteiger partial charge in [0.15, 0.2) is 24.8 Å². The number of hydrogen-bond donors (Lipinski definition) is 2. The Hall–Kier alpha value is -1.14. The van der Waals surface area contributed by atoms with E-state index >= 15 is 0 Å². The van der Waals surface area contributed by atoms with Crippen molar-refractivity contribution in [3.8, 4) is 0 Å². The van der Waals surface area contributed by atoms with Gasteiger partial charge in [0.05, 0.1) is 0 Å². The predicted molar refractivity (Wildman–Crippen MR) is 171 cm³/mol. The van der Waals surface area contributed by atoms with Crippen molar-refractivity contribution in [1.82, 2.24) is 0 Å². The highest BCUT2D eigenvalue weighted by molar-refractivity contribution is 9.09. The quantitative estimate of drug-likeness (QED) is 0.0711. The molecule has 0 aliphatic rings. The van der Waals surface area contributed by atoms with Crippen LogP contribution in [0.5, 0.6) is 0 Å². The smallest absolute Gasteiger partial charge is 0.211 e. The Balaban J connectivity index is 1.53. The molecular weight excluding hydrogens is 600 g/mol. The van der Waals surface area contributed by atoms with E-state index in [0.717, 1.165) is 25.9 Å². The summed E-state index contributed by atoms with van der Waals surface area (Å²) in [5.74, 6) is 0. The first kappa shape index (κ1) is 33.1. The van der Waals surface area contributed by atoms with Crippen LogP contribution in [0.25, 0.3) is 0 Å². The molecule has 0 spiro atoms. The van der Waals surface area contributed by atoms with Crippen molar-refractivity contribution in [2.24, 2.45) is 0 Å². The van der Waals surface area contributed by atoms with E-state index in [-0.39, 0.29) is 0 Å². The van der Waals surface area contributed by atoms with Crippen LogP contribution in [0.4, 0.5) is 11.4 Å². The van der Waals surface area contributed by atoms with Gasteiger partial charge in [0, 0.05) is 61.6 Å². The van der Waals surface area contributed by atoms with E-state index in [1.165, 1.54) is 101 Å². The summed E-state index contributed by atoms with van der Waals surface area (Å²) < 4.78 is 4.56. The van der Waals surface area contributed by atoms with E-state index in [2.05, 4.69) is 115 Å². The first-order valence-electron chi connectivity index (χ1n) is 15.4. The number of nitrogens with one attached hydrogen (secondary N) is 2. The highest BCUT2D eigenvalue weighted by Gasteiger charge is 2.15. The molecule has 0 aliphatic carbocycles. The number of unbranched alkanes of at least 4 members (excludes halogenated alkanes) is 11. The second-order valence-electron chi connectivity index (χ2n) is 10.6. The van der Waals surface area contributed by atoms with Gasteiger partial charge in [-0.25, -0.2) is 0 Å². The fourth-order valence-electron chi connectivity index (χ4n) is 4.69. The molecule has 0 aromatic carbocycles. The van der Waals surface area contributed by atoms with E-state index in [1.807, 2.05) is 0 Å². The largest absolute Gasteiger partial charge is 0.385 e. The van der Waals surface area contributed by atoms with E-state index in [0.29, 0.717) is 9.90 Å². The number of halogens is 2. The highest BCUT2D eigenvalue weighted by atomic mass is 79.9. The molecule has 0 bridgehead atoms. The van der Waals surface area contributed by atoms with Crippen LogP contribution in [0.3, 0.4) is 0 Å². The topological polar surface area (TPSA) is 31.8 Å². The van der Waals surface area contributed by atoms with Crippen LogP contribution in [-0.4, -0.2) is 13.1 Å². The number of pyridine rings is 2. The fourth-order valence-corrected chi connectivity index (χ4v) is 5.88. The summed E-state index contributed by atoms with van der Waals surface area (Å²) >= 11 is 7.77. The SMILES string of the molecule is CCCCCCCNc1cc[n+](C(Br)CCCCCCC(Br)[n+]2ccc(NCCCCCCC)cc2)cc1. The predicted octanol–water partition coefficient (Wildman–Crippen LogP) is 9.85. The molecular formula is C32H54Br2N4+2. The first-order chi connectivity index (χ1) is 18.6. The number of anilines is 2. The lowest BCUT2D eigenvalue weighted by molar-refractivity contribution is -0.698. The molecule has 2 atom stereocenters. The lowest BCUT2D eigenvalue weighted by Gasteiger charge is -2.09. The van der Waals surface area contributed by atoms with Crippen LogP contribution < -0.4 is 19.8 Å². The van der Waals surface area contributed by atoms with E-state index in [4.69, 9.17) is 0 Å². The lowest BCUT2D eigenvalue weighted by Crippen LogP contribution is -2.35. The van der Waals surface area contributed by atoms with Crippen molar-refractivity contribution >= 4 is 43.2 Å². The van der Waals surface area contributed by atoms with Crippen LogP contribution in [-0.2, 0) is 0 Å². The van der Waals surface area contributed by atoms with Gasteiger partial charge in [-0.2, -0.15) is 9.13 Å². The van der Waals surface area contributed by atoms with Gasteiger partial charge in [-0.1, -0.05) is 78.1 Å². The molecule has 2 aromatic heterocycles. The molecule has 2 aromatic rings. The van der Waals surface area contributed by atoms with Crippen LogP contribution in [0.1, 0.15) is 126 Å². The summed E-state index contributed by atoms with van der Waals surface area (Å²) in [5.41, 5.74) is 2.45. The third kappa shape index (κ3) is 14.9. The van der Waals surface area contributed by atoms with Gasteiger partial charge >= 0.3 is 0 Å². The van der Waals surface area contributed by atoms with Crippen molar-refractivity contribution in [3.63, 3.8) is 0 Å². The molecule has 0 amide bonds. The van der Waals surface area contributed by atoms with Crippen molar-refractivity contribution in [1.29, 1.82) is 0 Å². The average molecular weight is 655 g/mol. The van der Waals surface area contributed by atoms with Crippen LogP contribution >= 0.6 is 31.9 Å². The molecule has 0 aliphatic heterocycles. The molecule has 0 fully saturated rings. The number of nitrogens with zero attached hydrogens (tertiary/aromatic N) is 2. The van der Waals surface area contributed by atoms with Gasteiger partial charge in [-0.3, -0.25) is 0 Å². The minimum atomic E-state index is 0.369. The zero-order chi connectivity index (χ0) is 27.3. The molecule has 2 rings (SSSR count). The monoisotopic (exact) mass is 652 g/mol. The summed E-state index contributed by atoms with van der Waals surface area (Å²) in [6.07, 6.45) is 29.4. The van der Waals surface area contributed by atoms with Gasteiger partial charge < -0.3 is 10.6 Å². The highest BCUT2D eigenvalue weighted by Crippen LogP contribution is 2.21. The van der Waals surface area contributed by atoms with Crippen LogP contribution in [0.15, 0.2) is 49.1 Å². The fraction of sp³-hybridized carbons (Fsp3) is 0.688. The number of hydrogen-bond acceptors (Lipinski definition) is 2. The van der Waals surface area contributed by atoms with Crippen LogP contribution in [0.2, 0.25) is 0 Å². The Morgan fingerprint density at radius 3 is 1.24 bits per heavy atom. The molecule has 0 radical (unpaired) electrons. The number of rotatable bonds is 23. The second kappa shape index (κ2) is 21.7. The molecule has 0 saturated carbocycles. The van der Waals surface area contributed by atoms with Crippen molar-refractivity contribution in [2.75, 3.05) is 23.7 Å². The van der Waals surface area contributed by atoms with Gasteiger partial charge in [-0.05, 0) is 57.5 Å². The summed E-state index contributed by atoms with van der Waals surface area (Å²) in [5, 5.41) is 7.11. The minimum absolute atomic E-state index is 0.369. The average Bonchev–Trinajstić information content (AvgIpc) is 2.94. The minimum Gasteiger partial charge on any atom is -0.385 e. The molecule has 2 N–H and O–H groups in total. The summed E-state index contributed by atoms with van der Waals surface area (Å²) in [4.78, 5) is 0.738. The van der Waals surface area contributed by atoms with Gasteiger partial charge in [-0.15, -0.1) is 0 Å². The second-order valence-corrected chi connectivity index (χ2v) is 12.7. The molecule has 38 heavy (non-hydrogen) atoms. The molecule has 2 heterocycles. The normalized spacial score (nSPS) is 12.8. The molecule has 214 valence electrons. The standard InChI is InChI=1S/C32H52Br2N4/c1-3-5-7-11-15-23-35-29-19-25-37(26-20-29)31(33)17-13-9-10-14-18-32(34)38-27-21-30(22-28-38)36-24-16-12-8-6-4-2/h19-22,25-28,31-32H,3-18,23-24H2,1-2H3/p+2. The molecule has 2 unspecified atom stereocenters. The Bertz CT molecular complexity index is 744. The molecule has 0 saturated heterocycles. The van der Waals surface area contributed by atoms with E-state index < -0.39 is 0 Å². The Morgan fingerprint density at radius 2 is 0.868 bits per heavy atom. The Labute approximate surface area is 250 Å². The van der Waals surface area contributed by atoms with E-state index in [9.17, 15) is 0 Å². The number of alkyl halides is 2. The van der Waals surface area contributed by atoms with Crippen LogP contribution in [0, 0.1) is 0 Å². The van der Waals surface area contributed by atoms with Crippen molar-refractivity contribution < 1.29 is 9.13 Å². The van der Waals surface area contributed by atoms with E-state index in [1.54, 1.807) is 0 Å². The maximum atomic E-state index is 3.88. The van der Waals surface area contributed by atoms with Crippen molar-refractivity contribution in [3.05, 3.63) is 49.1 Å². The van der Waals surface area contributed by atoms with Gasteiger partial charge in [0.25, 0.3) is 0 Å². The maximum absolute atomic E-state index is 3.88. The Morgan fingerprint density at radius 1 is 0.526 bits per heavy atom. The third-order valence-electron chi connectivity index (χ3n) is 7.21. The molecule has 6 heteroatoms. The number of aromatic nitrogens is 2. The first-order valence-corrected chi connectivity index (χ1v) is 17.2. The zero-order valence-corrected chi connectivity index (χ0v) is 27.3. The summed E-state index contributed by atoms with van der Waals surface area (Å²) in [7, 11) is 0. The maximum Gasteiger partial charge on any atom is 0.211 e. The zero-order valence-electron chi connectivity index (χ0n) is 24.2. The van der Waals surface area contributed by atoms with Gasteiger partial charge in [0.1, 0.15) is 0 Å². The summed E-state index contributed by atoms with van der Waals surface area (Å²) in [6, 6.07) is 8.80.